The van der Waals surface area contributed by atoms with Crippen molar-refractivity contribution >= 4 is 46.4 Å². The van der Waals surface area contributed by atoms with Crippen molar-refractivity contribution in [2.45, 2.75) is 33.1 Å². The number of hydrogen-bond acceptors (Lipinski definition) is 4. The maximum atomic E-state index is 6.72. The Balaban J connectivity index is 0.00000397. The minimum Gasteiger partial charge on any atom is -0.510 e. The van der Waals surface area contributed by atoms with E-state index < -0.39 is 0 Å². The molecule has 10 rings (SSSR count). The molecule has 0 amide bonds. The number of fused-ring (bicyclic) bond motifs is 3. The van der Waals surface area contributed by atoms with Crippen molar-refractivity contribution < 1.29 is 30.4 Å². The molecule has 0 aliphatic carbocycles. The van der Waals surface area contributed by atoms with Gasteiger partial charge in [0.25, 0.3) is 6.33 Å². The Hall–Kier alpha value is -5.91. The Morgan fingerprint density at radius 2 is 1.33 bits per heavy atom. The Morgan fingerprint density at radius 3 is 2.05 bits per heavy atom. The molecule has 0 unspecified atom stereocenters. The second kappa shape index (κ2) is 13.4. The minimum absolute atomic E-state index is 0. The molecule has 0 spiro atoms. The Morgan fingerprint density at radius 1 is 0.655 bits per heavy atom. The number of imidazole rings is 1. The molecular formula is C47H36BN5OPt-2. The zero-order valence-corrected chi connectivity index (χ0v) is 33.2. The van der Waals surface area contributed by atoms with Gasteiger partial charge in [0.05, 0.1) is 16.7 Å². The largest absolute Gasteiger partial charge is 0.510 e. The van der Waals surface area contributed by atoms with Crippen molar-refractivity contribution in [1.82, 2.24) is 9.55 Å². The van der Waals surface area contributed by atoms with Gasteiger partial charge in [0.15, 0.2) is 0 Å². The molecule has 2 aliphatic rings. The average molecular weight is 893 g/mol. The van der Waals surface area contributed by atoms with Gasteiger partial charge in [0.1, 0.15) is 5.82 Å². The summed E-state index contributed by atoms with van der Waals surface area (Å²) in [4.78, 5) is 9.56. The molecule has 0 fully saturated rings. The van der Waals surface area contributed by atoms with E-state index in [0.717, 1.165) is 50.9 Å². The summed E-state index contributed by atoms with van der Waals surface area (Å²) in [6.07, 6.45) is 5.51. The van der Waals surface area contributed by atoms with Crippen LogP contribution in [0.25, 0.3) is 22.4 Å². The summed E-state index contributed by atoms with van der Waals surface area (Å²) in [5.41, 5.74) is 13.0. The number of aromatic nitrogens is 3. The number of benzene rings is 6. The number of rotatable bonds is 6. The molecule has 4 heterocycles. The standard InChI is InChI=1S/C47H36BN5O.Pt/c1-32-15-13-16-33(2)45(32)48-52(35-19-9-6-10-20-35)40-27-25-37(30-43(40)53(48)44-23-11-12-28-49-44)54-36-24-26-38-42(29-36)51-31-50(34-17-7-5-8-18-34)41-22-14-21-39(46(41)51)47(38,3)4;/h5-28H,1-4H3;/q-2;. The first kappa shape index (κ1) is 34.8. The summed E-state index contributed by atoms with van der Waals surface area (Å²) in [7, 11) is 0. The third-order valence-corrected chi connectivity index (χ3v) is 11.0. The van der Waals surface area contributed by atoms with Crippen molar-refractivity contribution in [3.8, 4) is 22.9 Å². The van der Waals surface area contributed by atoms with Crippen LogP contribution in [0.5, 0.6) is 11.5 Å². The summed E-state index contributed by atoms with van der Waals surface area (Å²) in [6.45, 7) is 8.73. The molecule has 6 aromatic carbocycles. The van der Waals surface area contributed by atoms with Crippen LogP contribution in [0.4, 0.5) is 22.9 Å². The van der Waals surface area contributed by atoms with E-state index in [1.54, 1.807) is 0 Å². The fourth-order valence-electron chi connectivity index (χ4n) is 8.42. The average Bonchev–Trinajstić information content (AvgIpc) is 3.75. The SMILES string of the molecule is Cc1cccc(C)c1B1N(c2ccccn2)c2[c-]c(Oc3[c-]c4c(cc3)C(C)(C)c3cccc5c3n-4[c-][n+]5-c3ccccc3)ccc2N1c1ccccc1.[Pt]. The van der Waals surface area contributed by atoms with E-state index in [9.17, 15) is 0 Å². The maximum absolute atomic E-state index is 6.72. The predicted octanol–water partition coefficient (Wildman–Crippen LogP) is 9.43. The monoisotopic (exact) mass is 892 g/mol. The zero-order valence-electron chi connectivity index (χ0n) is 30.9. The van der Waals surface area contributed by atoms with Gasteiger partial charge in [-0.15, -0.1) is 35.9 Å². The van der Waals surface area contributed by atoms with Crippen molar-refractivity contribution in [1.29, 1.82) is 0 Å². The molecule has 270 valence electrons. The first-order valence-electron chi connectivity index (χ1n) is 18.4. The van der Waals surface area contributed by atoms with Crippen LogP contribution in [0.2, 0.25) is 0 Å². The number of hydrogen-bond donors (Lipinski definition) is 0. The maximum Gasteiger partial charge on any atom is 0.409 e. The number of pyridine rings is 1. The summed E-state index contributed by atoms with van der Waals surface area (Å²) < 4.78 is 11.0. The second-order valence-corrected chi connectivity index (χ2v) is 14.6. The summed E-state index contributed by atoms with van der Waals surface area (Å²) >= 11 is 0. The number of aryl methyl sites for hydroxylation is 2. The van der Waals surface area contributed by atoms with Crippen molar-refractivity contribution in [3.05, 3.63) is 186 Å². The predicted molar refractivity (Wildman–Crippen MR) is 216 cm³/mol. The molecule has 6 nitrogen and oxygen atoms in total. The molecule has 0 bridgehead atoms. The fourth-order valence-corrected chi connectivity index (χ4v) is 8.42. The van der Waals surface area contributed by atoms with Crippen LogP contribution in [-0.4, -0.2) is 16.5 Å². The molecular weight excluding hydrogens is 856 g/mol. The first-order valence-corrected chi connectivity index (χ1v) is 18.4. The molecule has 0 atom stereocenters. The summed E-state index contributed by atoms with van der Waals surface area (Å²) in [5, 5.41) is 0. The first-order chi connectivity index (χ1) is 26.4. The third-order valence-electron chi connectivity index (χ3n) is 11.0. The van der Waals surface area contributed by atoms with E-state index in [1.807, 2.05) is 36.5 Å². The smallest absolute Gasteiger partial charge is 0.409 e. The number of anilines is 4. The van der Waals surface area contributed by atoms with Gasteiger partial charge < -0.3 is 18.9 Å². The number of nitrogens with zero attached hydrogens (tertiary/aromatic N) is 5. The molecule has 0 N–H and O–H groups in total. The van der Waals surface area contributed by atoms with E-state index in [4.69, 9.17) is 9.72 Å². The molecule has 55 heavy (non-hydrogen) atoms. The molecule has 0 saturated carbocycles. The molecule has 8 aromatic rings. The fraction of sp³-hybridized carbons (Fsp3) is 0.106. The van der Waals surface area contributed by atoms with Gasteiger partial charge in [-0.3, -0.25) is 4.57 Å². The van der Waals surface area contributed by atoms with Crippen molar-refractivity contribution in [2.75, 3.05) is 9.62 Å². The third kappa shape index (κ3) is 5.52. The van der Waals surface area contributed by atoms with Crippen LogP contribution in [0.1, 0.15) is 36.1 Å². The van der Waals surface area contributed by atoms with E-state index in [1.165, 1.54) is 22.2 Å². The topological polar surface area (TPSA) is 37.4 Å². The molecule has 0 radical (unpaired) electrons. The zero-order chi connectivity index (χ0) is 36.6. The van der Waals surface area contributed by atoms with Crippen LogP contribution in [0.3, 0.4) is 0 Å². The van der Waals surface area contributed by atoms with Gasteiger partial charge >= 0.3 is 6.98 Å². The molecule has 2 aliphatic heterocycles. The Kier molecular flexibility index (Phi) is 8.51. The van der Waals surface area contributed by atoms with Gasteiger partial charge in [0.2, 0.25) is 0 Å². The van der Waals surface area contributed by atoms with Gasteiger partial charge in [-0.1, -0.05) is 115 Å². The normalized spacial score (nSPS) is 13.7. The van der Waals surface area contributed by atoms with E-state index >= 15 is 0 Å². The van der Waals surface area contributed by atoms with Crippen LogP contribution < -0.4 is 24.4 Å². The molecule has 2 aromatic heterocycles. The Bertz CT molecular complexity index is 2700. The van der Waals surface area contributed by atoms with Crippen LogP contribution in [0, 0.1) is 32.3 Å². The van der Waals surface area contributed by atoms with Gasteiger partial charge in [-0.2, -0.15) is 6.07 Å². The van der Waals surface area contributed by atoms with E-state index in [0.29, 0.717) is 11.5 Å². The number of para-hydroxylation sites is 3. The summed E-state index contributed by atoms with van der Waals surface area (Å²) in [6, 6.07) is 55.7. The van der Waals surface area contributed by atoms with Gasteiger partial charge in [-0.05, 0) is 72.4 Å². The van der Waals surface area contributed by atoms with Crippen LogP contribution >= 0.6 is 0 Å². The van der Waals surface area contributed by atoms with E-state index in [-0.39, 0.29) is 33.5 Å². The molecule has 0 saturated heterocycles. The molecule has 8 heteroatoms. The van der Waals surface area contributed by atoms with Crippen molar-refractivity contribution in [3.63, 3.8) is 0 Å². The quantitative estimate of drug-likeness (QED) is 0.0948. The summed E-state index contributed by atoms with van der Waals surface area (Å²) in [5.74, 6) is 2.03. The second-order valence-electron chi connectivity index (χ2n) is 14.6. The Labute approximate surface area is 336 Å². The van der Waals surface area contributed by atoms with Crippen LogP contribution in [0.15, 0.2) is 146 Å². The van der Waals surface area contributed by atoms with Gasteiger partial charge in [-0.25, -0.2) is 4.98 Å². The van der Waals surface area contributed by atoms with Crippen molar-refractivity contribution in [2.24, 2.45) is 0 Å². The van der Waals surface area contributed by atoms with E-state index in [2.05, 4.69) is 174 Å². The van der Waals surface area contributed by atoms with Gasteiger partial charge in [0, 0.05) is 44.4 Å². The number of ether oxygens (including phenoxy) is 1. The minimum atomic E-state index is -0.257. The van der Waals surface area contributed by atoms with Crippen LogP contribution in [-0.2, 0) is 26.5 Å².